The summed E-state index contributed by atoms with van der Waals surface area (Å²) in [6.45, 7) is 10.9. The summed E-state index contributed by atoms with van der Waals surface area (Å²) >= 11 is 0. The Labute approximate surface area is 165 Å². The molecule has 2 aromatic carbocycles. The van der Waals surface area contributed by atoms with Crippen molar-refractivity contribution in [3.05, 3.63) is 76.4 Å². The first-order valence-electron chi connectivity index (χ1n) is 10.3. The molecule has 1 nitrogen and oxygen atoms in total. The average Bonchev–Trinajstić information content (AvgIpc) is 2.69. The number of benzene rings is 2. The zero-order chi connectivity index (χ0) is 19.4. The Morgan fingerprint density at radius 3 is 2.52 bits per heavy atom. The van der Waals surface area contributed by atoms with E-state index in [0.717, 1.165) is 5.57 Å². The Morgan fingerprint density at radius 2 is 1.81 bits per heavy atom. The van der Waals surface area contributed by atoms with Crippen molar-refractivity contribution < 1.29 is 0 Å². The van der Waals surface area contributed by atoms with Crippen LogP contribution in [-0.2, 0) is 0 Å². The molecule has 2 aromatic rings. The van der Waals surface area contributed by atoms with Gasteiger partial charge in [0.1, 0.15) is 0 Å². The van der Waals surface area contributed by atoms with E-state index in [0.29, 0.717) is 5.92 Å². The van der Waals surface area contributed by atoms with Crippen LogP contribution in [0, 0.1) is 20.8 Å². The van der Waals surface area contributed by atoms with E-state index in [-0.39, 0.29) is 0 Å². The Hall–Kier alpha value is -2.28. The van der Waals surface area contributed by atoms with Crippen molar-refractivity contribution in [2.75, 3.05) is 12.4 Å². The van der Waals surface area contributed by atoms with Crippen molar-refractivity contribution in [1.82, 2.24) is 0 Å². The average molecular weight is 360 g/mol. The summed E-state index contributed by atoms with van der Waals surface area (Å²) in [6, 6.07) is 11.2. The predicted octanol–water partition coefficient (Wildman–Crippen LogP) is 7.43. The summed E-state index contributed by atoms with van der Waals surface area (Å²) in [7, 11) is 2.01. The molecule has 0 unspecified atom stereocenters. The summed E-state index contributed by atoms with van der Waals surface area (Å²) in [5.41, 5.74) is 10.3. The summed E-state index contributed by atoms with van der Waals surface area (Å²) < 4.78 is 0. The van der Waals surface area contributed by atoms with E-state index < -0.39 is 0 Å². The molecule has 1 heteroatoms. The molecule has 0 atom stereocenters. The maximum atomic E-state index is 4.37. The van der Waals surface area contributed by atoms with E-state index in [1.54, 1.807) is 0 Å². The van der Waals surface area contributed by atoms with Crippen LogP contribution in [0.15, 0.2) is 43.0 Å². The van der Waals surface area contributed by atoms with Crippen LogP contribution in [0.4, 0.5) is 5.69 Å². The van der Waals surface area contributed by atoms with Gasteiger partial charge in [-0.1, -0.05) is 67.8 Å². The first-order valence-corrected chi connectivity index (χ1v) is 10.3. The molecule has 27 heavy (non-hydrogen) atoms. The predicted molar refractivity (Wildman–Crippen MR) is 121 cm³/mol. The Kier molecular flexibility index (Phi) is 6.21. The highest BCUT2D eigenvalue weighted by Gasteiger charge is 2.19. The van der Waals surface area contributed by atoms with Gasteiger partial charge in [0.2, 0.25) is 0 Å². The van der Waals surface area contributed by atoms with Crippen LogP contribution in [0.1, 0.15) is 71.4 Å². The zero-order valence-corrected chi connectivity index (χ0v) is 17.4. The third-order valence-corrected chi connectivity index (χ3v) is 6.06. The van der Waals surface area contributed by atoms with Crippen molar-refractivity contribution in [3.8, 4) is 0 Å². The normalized spacial score (nSPS) is 15.3. The molecule has 1 fully saturated rings. The highest BCUT2D eigenvalue weighted by Crippen LogP contribution is 2.37. The van der Waals surface area contributed by atoms with Crippen molar-refractivity contribution in [2.45, 2.75) is 58.8 Å². The van der Waals surface area contributed by atoms with Gasteiger partial charge in [0.25, 0.3) is 0 Å². The summed E-state index contributed by atoms with van der Waals surface area (Å²) in [6.07, 6.45) is 11.2. The maximum absolute atomic E-state index is 4.37. The smallest absolute Gasteiger partial charge is 0.0414 e. The van der Waals surface area contributed by atoms with Gasteiger partial charge in [0, 0.05) is 18.3 Å². The van der Waals surface area contributed by atoms with Crippen LogP contribution in [0.2, 0.25) is 0 Å². The fraction of sp³-hybridized carbons (Fsp3) is 0.385. The van der Waals surface area contributed by atoms with E-state index in [4.69, 9.17) is 0 Å². The molecule has 0 aliphatic heterocycles. The maximum Gasteiger partial charge on any atom is 0.0414 e. The first kappa shape index (κ1) is 19.5. The van der Waals surface area contributed by atoms with Crippen molar-refractivity contribution in [1.29, 1.82) is 0 Å². The van der Waals surface area contributed by atoms with E-state index in [9.17, 15) is 0 Å². The van der Waals surface area contributed by atoms with Gasteiger partial charge in [0.15, 0.2) is 0 Å². The van der Waals surface area contributed by atoms with Gasteiger partial charge < -0.3 is 5.32 Å². The fourth-order valence-corrected chi connectivity index (χ4v) is 4.40. The number of nitrogens with one attached hydrogen (secondary N) is 1. The minimum absolute atomic E-state index is 0.683. The quantitative estimate of drug-likeness (QED) is 0.547. The monoisotopic (exact) mass is 359 g/mol. The van der Waals surface area contributed by atoms with Crippen LogP contribution in [-0.4, -0.2) is 7.05 Å². The third kappa shape index (κ3) is 4.35. The van der Waals surface area contributed by atoms with Gasteiger partial charge >= 0.3 is 0 Å². The molecule has 0 saturated heterocycles. The fourth-order valence-electron chi connectivity index (χ4n) is 4.40. The van der Waals surface area contributed by atoms with E-state index in [1.807, 2.05) is 7.05 Å². The van der Waals surface area contributed by atoms with Crippen LogP contribution >= 0.6 is 0 Å². The molecule has 1 saturated carbocycles. The summed E-state index contributed by atoms with van der Waals surface area (Å²) in [5, 5.41) is 3.39. The molecular weight excluding hydrogens is 326 g/mol. The standard InChI is InChI=1S/C26H33N/c1-18-16-20(3)21(4)25(17-18)19(2)14-15-24-23(12-9-13-26(24)27-5)22-10-7-6-8-11-22/h9,12-17,22,27H,2,6-8,10-11H2,1,3-5H3/b15-14-. The van der Waals surface area contributed by atoms with Gasteiger partial charge in [-0.15, -0.1) is 0 Å². The van der Waals surface area contributed by atoms with Gasteiger partial charge in [-0.3, -0.25) is 0 Å². The molecule has 142 valence electrons. The number of rotatable bonds is 5. The largest absolute Gasteiger partial charge is 0.388 e. The number of aryl methyl sites for hydroxylation is 2. The van der Waals surface area contributed by atoms with Crippen molar-refractivity contribution >= 4 is 17.3 Å². The lowest BCUT2D eigenvalue weighted by atomic mass is 9.81. The minimum atomic E-state index is 0.683. The lowest BCUT2D eigenvalue weighted by Crippen LogP contribution is -2.07. The highest BCUT2D eigenvalue weighted by molar-refractivity contribution is 5.82. The van der Waals surface area contributed by atoms with Crippen molar-refractivity contribution in [2.24, 2.45) is 0 Å². The second-order valence-electron chi connectivity index (χ2n) is 8.01. The van der Waals surface area contributed by atoms with Crippen molar-refractivity contribution in [3.63, 3.8) is 0 Å². The van der Waals surface area contributed by atoms with Gasteiger partial charge in [-0.2, -0.15) is 0 Å². The molecular formula is C26H33N. The zero-order valence-electron chi connectivity index (χ0n) is 17.4. The molecule has 0 spiro atoms. The molecule has 1 aliphatic rings. The van der Waals surface area contributed by atoms with Crippen LogP contribution in [0.25, 0.3) is 11.6 Å². The molecule has 0 amide bonds. The van der Waals surface area contributed by atoms with Gasteiger partial charge in [0.05, 0.1) is 0 Å². The van der Waals surface area contributed by atoms with E-state index >= 15 is 0 Å². The van der Waals surface area contributed by atoms with Crippen LogP contribution < -0.4 is 5.32 Å². The molecule has 1 N–H and O–H groups in total. The number of allylic oxidation sites excluding steroid dienone is 2. The molecule has 0 radical (unpaired) electrons. The lowest BCUT2D eigenvalue weighted by Gasteiger charge is -2.25. The van der Waals surface area contributed by atoms with Crippen LogP contribution in [0.3, 0.4) is 0 Å². The summed E-state index contributed by atoms with van der Waals surface area (Å²) in [4.78, 5) is 0. The van der Waals surface area contributed by atoms with Gasteiger partial charge in [-0.05, 0) is 73.4 Å². The molecule has 3 rings (SSSR count). The molecule has 0 aromatic heterocycles. The molecule has 0 heterocycles. The minimum Gasteiger partial charge on any atom is -0.388 e. The SMILES string of the molecule is C=C(/C=C\c1c(NC)cccc1C1CCCCC1)c1cc(C)cc(C)c1C. The highest BCUT2D eigenvalue weighted by atomic mass is 14.8. The number of hydrogen-bond donors (Lipinski definition) is 1. The van der Waals surface area contributed by atoms with E-state index in [2.05, 4.69) is 75.2 Å². The summed E-state index contributed by atoms with van der Waals surface area (Å²) in [5.74, 6) is 0.683. The second-order valence-corrected chi connectivity index (χ2v) is 8.01. The Bertz CT molecular complexity index is 851. The Morgan fingerprint density at radius 1 is 1.07 bits per heavy atom. The third-order valence-electron chi connectivity index (χ3n) is 6.06. The van der Waals surface area contributed by atoms with E-state index in [1.165, 1.54) is 71.2 Å². The molecule has 0 bridgehead atoms. The lowest BCUT2D eigenvalue weighted by molar-refractivity contribution is 0.443. The first-order chi connectivity index (χ1) is 13.0. The van der Waals surface area contributed by atoms with Gasteiger partial charge in [-0.25, -0.2) is 0 Å². The number of anilines is 1. The molecule has 1 aliphatic carbocycles. The Balaban J connectivity index is 1.95. The topological polar surface area (TPSA) is 12.0 Å². The second kappa shape index (κ2) is 8.61. The number of hydrogen-bond acceptors (Lipinski definition) is 1. The van der Waals surface area contributed by atoms with Crippen LogP contribution in [0.5, 0.6) is 0 Å².